The van der Waals surface area contributed by atoms with E-state index in [9.17, 15) is 14.7 Å². The van der Waals surface area contributed by atoms with E-state index in [-0.39, 0.29) is 17.3 Å². The van der Waals surface area contributed by atoms with Crippen LogP contribution >= 0.6 is 0 Å². The molecule has 5 rings (SSSR count). The lowest BCUT2D eigenvalue weighted by atomic mass is 10.0. The minimum atomic E-state index is -0.944. The number of amides is 1. The molecule has 172 valence electrons. The Bertz CT molecular complexity index is 1420. The van der Waals surface area contributed by atoms with Gasteiger partial charge in [0, 0.05) is 13.1 Å². The number of fused-ring (bicyclic) bond motifs is 1. The molecule has 4 aromatic rings. The van der Waals surface area contributed by atoms with Gasteiger partial charge < -0.3 is 18.7 Å². The smallest absolute Gasteiger partial charge is 0.413 e. The average Bonchev–Trinajstić information content (AvgIpc) is 3.26. The summed E-state index contributed by atoms with van der Waals surface area (Å²) < 4.78 is 18.0. The molecule has 1 aliphatic rings. The number of benzene rings is 1. The van der Waals surface area contributed by atoms with E-state index in [1.807, 2.05) is 30.3 Å². The van der Waals surface area contributed by atoms with Gasteiger partial charge in [-0.3, -0.25) is 10.1 Å². The Morgan fingerprint density at radius 1 is 1.21 bits per heavy atom. The monoisotopic (exact) mass is 460 g/mol. The van der Waals surface area contributed by atoms with E-state index in [2.05, 4.69) is 27.5 Å². The molecule has 34 heavy (non-hydrogen) atoms. The first-order chi connectivity index (χ1) is 16.4. The van der Waals surface area contributed by atoms with Gasteiger partial charge in [-0.05, 0) is 43.2 Å². The summed E-state index contributed by atoms with van der Waals surface area (Å²) in [7, 11) is 1.62. The molecule has 1 saturated carbocycles. The molecule has 0 radical (unpaired) electrons. The fourth-order valence-corrected chi connectivity index (χ4v) is 3.61. The number of anilines is 1. The number of rotatable bonds is 5. The van der Waals surface area contributed by atoms with Crippen LogP contribution in [-0.2, 0) is 22.0 Å². The molecule has 1 fully saturated rings. The second-order valence-corrected chi connectivity index (χ2v) is 8.09. The van der Waals surface area contributed by atoms with Crippen LogP contribution in [0.3, 0.4) is 0 Å². The highest BCUT2D eigenvalue weighted by molar-refractivity contribution is 5.87. The van der Waals surface area contributed by atoms with Crippen molar-refractivity contribution in [1.29, 1.82) is 0 Å². The number of ether oxygens (including phenoxy) is 1. The summed E-state index contributed by atoms with van der Waals surface area (Å²) in [6.07, 6.45) is -0.0307. The normalized spacial score (nSPS) is 14.8. The predicted octanol–water partition coefficient (Wildman–Crippen LogP) is 3.98. The molecule has 1 amide bonds. The number of carbonyl (C=O) groups is 2. The maximum absolute atomic E-state index is 12.4. The van der Waals surface area contributed by atoms with Crippen molar-refractivity contribution in [2.45, 2.75) is 31.3 Å². The molecule has 10 nitrogen and oxygen atoms in total. The maximum atomic E-state index is 12.4. The van der Waals surface area contributed by atoms with Crippen molar-refractivity contribution in [3.8, 4) is 11.8 Å². The van der Waals surface area contributed by atoms with Crippen LogP contribution in [0.1, 0.15) is 48.6 Å². The molecule has 0 aliphatic heterocycles. The first-order valence-electron chi connectivity index (χ1n) is 10.6. The Balaban J connectivity index is 1.30. The van der Waals surface area contributed by atoms with Crippen molar-refractivity contribution in [2.75, 3.05) is 5.32 Å². The van der Waals surface area contributed by atoms with Crippen molar-refractivity contribution >= 4 is 29.0 Å². The number of aliphatic carboxylic acids is 1. The molecule has 1 aromatic carbocycles. The Hall–Kier alpha value is -4.52. The Labute approximate surface area is 193 Å². The first-order valence-corrected chi connectivity index (χ1v) is 10.6. The molecule has 2 N–H and O–H groups in total. The van der Waals surface area contributed by atoms with Crippen LogP contribution in [0.5, 0.6) is 0 Å². The van der Waals surface area contributed by atoms with Gasteiger partial charge in [-0.15, -0.1) is 5.10 Å². The third kappa shape index (κ3) is 3.88. The number of nitrogens with one attached hydrogen (secondary N) is 1. The molecule has 0 saturated heterocycles. The summed E-state index contributed by atoms with van der Waals surface area (Å²) in [5.41, 5.74) is 0.144. The number of furan rings is 2. The highest BCUT2D eigenvalue weighted by Crippen LogP contribution is 2.50. The van der Waals surface area contributed by atoms with Gasteiger partial charge in [0.25, 0.3) is 5.78 Å². The topological polar surface area (TPSA) is 133 Å². The molecule has 0 spiro atoms. The fraction of sp³-hybridized carbons (Fsp3) is 0.250. The largest absolute Gasteiger partial charge is 0.480 e. The lowest BCUT2D eigenvalue weighted by Gasteiger charge is -2.14. The lowest BCUT2D eigenvalue weighted by Crippen LogP contribution is -2.18. The standard InChI is InChI=1S/C24H20N4O6/c1-14(15-6-4-3-5-7-15)32-23(31)25-20-18(26-27-28(20)2)9-8-17-12-16-13-19(34-21(16)33-17)24(10-11-24)22(29)30/h3-7,12-14H,10-11H2,1-2H3,(H,25,31)(H,29,30). The van der Waals surface area contributed by atoms with E-state index in [1.165, 1.54) is 4.68 Å². The van der Waals surface area contributed by atoms with Gasteiger partial charge in [0.15, 0.2) is 17.3 Å². The number of hydrogen-bond acceptors (Lipinski definition) is 7. The third-order valence-corrected chi connectivity index (χ3v) is 5.75. The number of carbonyl (C=O) groups excluding carboxylic acids is 1. The van der Waals surface area contributed by atoms with Gasteiger partial charge in [0.05, 0.1) is 5.39 Å². The molecule has 1 unspecified atom stereocenters. The predicted molar refractivity (Wildman–Crippen MR) is 119 cm³/mol. The molecular formula is C24H20N4O6. The third-order valence-electron chi connectivity index (χ3n) is 5.75. The van der Waals surface area contributed by atoms with E-state index in [0.29, 0.717) is 29.7 Å². The minimum Gasteiger partial charge on any atom is -0.480 e. The summed E-state index contributed by atoms with van der Waals surface area (Å²) in [4.78, 5) is 23.9. The van der Waals surface area contributed by atoms with E-state index in [1.54, 1.807) is 26.1 Å². The van der Waals surface area contributed by atoms with Crippen molar-refractivity contribution < 1.29 is 28.3 Å². The zero-order valence-electron chi connectivity index (χ0n) is 18.4. The molecule has 1 aliphatic carbocycles. The minimum absolute atomic E-state index is 0.211. The Kier molecular flexibility index (Phi) is 5.09. The number of hydrogen-bond donors (Lipinski definition) is 2. The first kappa shape index (κ1) is 21.3. The van der Waals surface area contributed by atoms with Crippen molar-refractivity contribution in [1.82, 2.24) is 15.0 Å². The number of carboxylic acid groups (broad SMARTS) is 1. The van der Waals surface area contributed by atoms with Gasteiger partial charge in [0.2, 0.25) is 0 Å². The van der Waals surface area contributed by atoms with Crippen LogP contribution in [0.4, 0.5) is 10.6 Å². The summed E-state index contributed by atoms with van der Waals surface area (Å²) in [5.74, 6) is 5.92. The van der Waals surface area contributed by atoms with Crippen LogP contribution in [0.15, 0.2) is 51.3 Å². The van der Waals surface area contributed by atoms with Gasteiger partial charge in [-0.25, -0.2) is 9.48 Å². The van der Waals surface area contributed by atoms with Crippen molar-refractivity contribution in [2.24, 2.45) is 7.05 Å². The quantitative estimate of drug-likeness (QED) is 0.427. The molecule has 0 bridgehead atoms. The van der Waals surface area contributed by atoms with Crippen LogP contribution in [-0.4, -0.2) is 32.2 Å². The van der Waals surface area contributed by atoms with E-state index in [0.717, 1.165) is 5.56 Å². The Morgan fingerprint density at radius 3 is 2.65 bits per heavy atom. The molecule has 3 aromatic heterocycles. The highest BCUT2D eigenvalue weighted by atomic mass is 16.6. The lowest BCUT2D eigenvalue weighted by molar-refractivity contribution is -0.140. The number of nitrogens with zero attached hydrogens (tertiary/aromatic N) is 3. The SMILES string of the molecule is CC(OC(=O)Nc1c(C#Cc2cc3cc(C4(C(=O)O)CC4)oc3o2)nnn1C)c1ccccc1. The van der Waals surface area contributed by atoms with Gasteiger partial charge >= 0.3 is 12.1 Å². The second-order valence-electron chi connectivity index (χ2n) is 8.09. The molecular weight excluding hydrogens is 440 g/mol. The van der Waals surface area contributed by atoms with Crippen LogP contribution in [0, 0.1) is 11.8 Å². The fourth-order valence-electron chi connectivity index (χ4n) is 3.61. The van der Waals surface area contributed by atoms with Gasteiger partial charge in [-0.2, -0.15) is 0 Å². The zero-order chi connectivity index (χ0) is 23.9. The van der Waals surface area contributed by atoms with E-state index in [4.69, 9.17) is 13.6 Å². The maximum Gasteiger partial charge on any atom is 0.413 e. The van der Waals surface area contributed by atoms with Crippen LogP contribution in [0.2, 0.25) is 0 Å². The van der Waals surface area contributed by atoms with Crippen molar-refractivity contribution in [3.63, 3.8) is 0 Å². The number of aryl methyl sites for hydroxylation is 1. The summed E-state index contributed by atoms with van der Waals surface area (Å²) in [6, 6.07) is 12.7. The van der Waals surface area contributed by atoms with Crippen LogP contribution < -0.4 is 5.32 Å². The number of carboxylic acids is 1. The summed E-state index contributed by atoms with van der Waals surface area (Å²) >= 11 is 0. The highest BCUT2D eigenvalue weighted by Gasteiger charge is 2.54. The summed E-state index contributed by atoms with van der Waals surface area (Å²) in [5, 5.41) is 20.5. The van der Waals surface area contributed by atoms with Crippen LogP contribution in [0.25, 0.3) is 11.2 Å². The molecule has 1 atom stereocenters. The van der Waals surface area contributed by atoms with Gasteiger partial charge in [-0.1, -0.05) is 35.5 Å². The summed E-state index contributed by atoms with van der Waals surface area (Å²) in [6.45, 7) is 1.77. The van der Waals surface area contributed by atoms with Gasteiger partial charge in [0.1, 0.15) is 17.3 Å². The number of aromatic nitrogens is 3. The van der Waals surface area contributed by atoms with E-state index < -0.39 is 23.6 Å². The second kappa shape index (κ2) is 8.12. The van der Waals surface area contributed by atoms with E-state index >= 15 is 0 Å². The zero-order valence-corrected chi connectivity index (χ0v) is 18.4. The average molecular weight is 460 g/mol. The molecule has 3 heterocycles. The Morgan fingerprint density at radius 2 is 1.97 bits per heavy atom. The molecule has 10 heteroatoms. The van der Waals surface area contributed by atoms with Crippen molar-refractivity contribution in [3.05, 3.63) is 65.2 Å².